The Bertz CT molecular complexity index is 652. The first kappa shape index (κ1) is 15.9. The lowest BCUT2D eigenvalue weighted by Gasteiger charge is -2.39. The quantitative estimate of drug-likeness (QED) is 0.897. The summed E-state index contributed by atoms with van der Waals surface area (Å²) in [7, 11) is 0. The average Bonchev–Trinajstić information content (AvgIpc) is 3.56. The molecule has 2 atom stereocenters. The first-order valence-corrected chi connectivity index (χ1v) is 10.3. The molecule has 4 nitrogen and oxygen atoms in total. The van der Waals surface area contributed by atoms with E-state index in [4.69, 9.17) is 4.42 Å². The minimum Gasteiger partial charge on any atom is -0.465 e. The first-order chi connectivity index (χ1) is 12.2. The van der Waals surface area contributed by atoms with Crippen molar-refractivity contribution in [3.63, 3.8) is 0 Å². The molecule has 136 valence electrons. The third-order valence-corrected chi connectivity index (χ3v) is 6.85. The van der Waals surface area contributed by atoms with Gasteiger partial charge in [0, 0.05) is 30.8 Å². The van der Waals surface area contributed by atoms with Gasteiger partial charge in [-0.1, -0.05) is 25.7 Å². The predicted molar refractivity (Wildman–Crippen MR) is 94.6 cm³/mol. The Morgan fingerprint density at radius 2 is 1.76 bits per heavy atom. The number of nitrogens with zero attached hydrogens (tertiary/aromatic N) is 1. The van der Waals surface area contributed by atoms with E-state index < -0.39 is 0 Å². The van der Waals surface area contributed by atoms with Crippen LogP contribution in [0.2, 0.25) is 0 Å². The van der Waals surface area contributed by atoms with Crippen molar-refractivity contribution >= 4 is 5.91 Å². The lowest BCUT2D eigenvalue weighted by atomic mass is 9.82. The maximum Gasteiger partial charge on any atom is 0.257 e. The molecule has 4 aliphatic rings. The normalized spacial score (nSPS) is 30.8. The number of likely N-dealkylation sites (tertiary alicyclic amines) is 1. The fourth-order valence-corrected chi connectivity index (χ4v) is 4.98. The molecular weight excluding hydrogens is 314 g/mol. The lowest BCUT2D eigenvalue weighted by Crippen LogP contribution is -2.48. The highest BCUT2D eigenvalue weighted by atomic mass is 16.3. The number of aliphatic hydroxyl groups is 1. The zero-order chi connectivity index (χ0) is 17.0. The van der Waals surface area contributed by atoms with Crippen molar-refractivity contribution in [3.05, 3.63) is 23.2 Å². The Hall–Kier alpha value is -1.29. The molecule has 1 aromatic heterocycles. The first-order valence-electron chi connectivity index (χ1n) is 10.3. The van der Waals surface area contributed by atoms with Crippen LogP contribution in [0.1, 0.15) is 91.5 Å². The van der Waals surface area contributed by atoms with Crippen LogP contribution >= 0.6 is 0 Å². The third-order valence-electron chi connectivity index (χ3n) is 6.85. The van der Waals surface area contributed by atoms with Crippen LogP contribution in [0.25, 0.3) is 0 Å². The van der Waals surface area contributed by atoms with Crippen molar-refractivity contribution in [2.45, 2.75) is 75.7 Å². The molecule has 1 aliphatic heterocycles. The molecule has 1 aromatic rings. The highest BCUT2D eigenvalue weighted by molar-refractivity contribution is 5.95. The number of piperidine rings is 1. The summed E-state index contributed by atoms with van der Waals surface area (Å²) in [6, 6.07) is 2.04. The maximum atomic E-state index is 13.3. The van der Waals surface area contributed by atoms with Crippen molar-refractivity contribution in [3.8, 4) is 0 Å². The van der Waals surface area contributed by atoms with Gasteiger partial charge in [-0.25, -0.2) is 0 Å². The molecule has 4 fully saturated rings. The second-order valence-electron chi connectivity index (χ2n) is 8.79. The van der Waals surface area contributed by atoms with Crippen LogP contribution < -0.4 is 0 Å². The summed E-state index contributed by atoms with van der Waals surface area (Å²) in [5, 5.41) is 10.5. The predicted octanol–water partition coefficient (Wildman–Crippen LogP) is 4.05. The van der Waals surface area contributed by atoms with Crippen LogP contribution in [0.5, 0.6) is 0 Å². The van der Waals surface area contributed by atoms with E-state index in [9.17, 15) is 9.90 Å². The van der Waals surface area contributed by atoms with Crippen LogP contribution in [0.15, 0.2) is 10.5 Å². The van der Waals surface area contributed by atoms with Crippen LogP contribution in [0, 0.1) is 11.8 Å². The third kappa shape index (κ3) is 3.03. The Labute approximate surface area is 149 Å². The molecule has 3 aliphatic carbocycles. The van der Waals surface area contributed by atoms with E-state index in [1.54, 1.807) is 0 Å². The summed E-state index contributed by atoms with van der Waals surface area (Å²) in [5.41, 5.74) is 0.825. The summed E-state index contributed by atoms with van der Waals surface area (Å²) < 4.78 is 6.13. The van der Waals surface area contributed by atoms with E-state index in [0.29, 0.717) is 24.3 Å². The van der Waals surface area contributed by atoms with Crippen molar-refractivity contribution in [2.24, 2.45) is 11.8 Å². The Kier molecular flexibility index (Phi) is 3.92. The second-order valence-corrected chi connectivity index (χ2v) is 8.79. The molecule has 4 heteroatoms. The molecule has 0 unspecified atom stereocenters. The van der Waals surface area contributed by atoms with Crippen LogP contribution in [-0.4, -0.2) is 35.1 Å². The fraction of sp³-hybridized carbons (Fsp3) is 0.762. The number of carbonyl (C=O) groups is 1. The van der Waals surface area contributed by atoms with Crippen molar-refractivity contribution < 1.29 is 14.3 Å². The molecule has 2 heterocycles. The van der Waals surface area contributed by atoms with Crippen LogP contribution in [-0.2, 0) is 0 Å². The second kappa shape index (κ2) is 6.15. The number of hydrogen-bond donors (Lipinski definition) is 1. The topological polar surface area (TPSA) is 53.7 Å². The average molecular weight is 343 g/mol. The summed E-state index contributed by atoms with van der Waals surface area (Å²) >= 11 is 0. The van der Waals surface area contributed by atoms with E-state index in [-0.39, 0.29) is 17.9 Å². The summed E-state index contributed by atoms with van der Waals surface area (Å²) in [5.74, 6) is 4.01. The van der Waals surface area contributed by atoms with E-state index in [1.807, 2.05) is 11.0 Å². The Morgan fingerprint density at radius 1 is 1.04 bits per heavy atom. The van der Waals surface area contributed by atoms with Gasteiger partial charge in [0.15, 0.2) is 0 Å². The Morgan fingerprint density at radius 3 is 2.44 bits per heavy atom. The number of furan rings is 1. The van der Waals surface area contributed by atoms with Gasteiger partial charge in [-0.3, -0.25) is 4.79 Å². The standard InChI is InChI=1S/C21H29NO3/c23-18-9-10-22(12-17(18)13-3-1-2-4-13)21(24)16-11-19(14-5-6-14)25-20(16)15-7-8-15/h11,13-15,17-18,23H,1-10,12H2/t17-,18+/m0/s1. The van der Waals surface area contributed by atoms with Gasteiger partial charge in [0.2, 0.25) is 0 Å². The van der Waals surface area contributed by atoms with Gasteiger partial charge in [-0.2, -0.15) is 0 Å². The molecule has 5 rings (SSSR count). The van der Waals surface area contributed by atoms with E-state index in [1.165, 1.54) is 38.5 Å². The molecule has 1 saturated heterocycles. The van der Waals surface area contributed by atoms with Crippen LogP contribution in [0.3, 0.4) is 0 Å². The van der Waals surface area contributed by atoms with Gasteiger partial charge < -0.3 is 14.4 Å². The molecule has 25 heavy (non-hydrogen) atoms. The number of amides is 1. The molecule has 0 aromatic carbocycles. The fourth-order valence-electron chi connectivity index (χ4n) is 4.98. The number of hydrogen-bond acceptors (Lipinski definition) is 3. The van der Waals surface area contributed by atoms with E-state index >= 15 is 0 Å². The number of aliphatic hydroxyl groups excluding tert-OH is 1. The summed E-state index contributed by atoms with van der Waals surface area (Å²) in [4.78, 5) is 15.3. The monoisotopic (exact) mass is 343 g/mol. The SMILES string of the molecule is O=C(c1cc(C2CC2)oc1C1CC1)N1CC[C@@H](O)[C@H](C2CCCC2)C1. The zero-order valence-corrected chi connectivity index (χ0v) is 15.0. The molecular formula is C21H29NO3. The largest absolute Gasteiger partial charge is 0.465 e. The molecule has 1 N–H and O–H groups in total. The van der Waals surface area contributed by atoms with Crippen molar-refractivity contribution in [1.82, 2.24) is 4.90 Å². The van der Waals surface area contributed by atoms with Crippen LogP contribution in [0.4, 0.5) is 0 Å². The highest BCUT2D eigenvalue weighted by Crippen LogP contribution is 2.48. The number of carbonyl (C=O) groups excluding carboxylic acids is 1. The van der Waals surface area contributed by atoms with E-state index in [2.05, 4.69) is 0 Å². The van der Waals surface area contributed by atoms with Gasteiger partial charge >= 0.3 is 0 Å². The minimum absolute atomic E-state index is 0.146. The molecule has 0 radical (unpaired) electrons. The lowest BCUT2D eigenvalue weighted by molar-refractivity contribution is 0.00295. The minimum atomic E-state index is -0.235. The van der Waals surface area contributed by atoms with Gasteiger partial charge in [0.05, 0.1) is 11.7 Å². The van der Waals surface area contributed by atoms with Crippen molar-refractivity contribution in [1.29, 1.82) is 0 Å². The Balaban J connectivity index is 1.36. The van der Waals surface area contributed by atoms with E-state index in [0.717, 1.165) is 42.9 Å². The zero-order valence-electron chi connectivity index (χ0n) is 15.0. The molecule has 0 spiro atoms. The smallest absolute Gasteiger partial charge is 0.257 e. The van der Waals surface area contributed by atoms with Gasteiger partial charge in [0.25, 0.3) is 5.91 Å². The molecule has 0 bridgehead atoms. The molecule has 1 amide bonds. The molecule has 3 saturated carbocycles. The van der Waals surface area contributed by atoms with Gasteiger partial charge in [-0.15, -0.1) is 0 Å². The summed E-state index contributed by atoms with van der Waals surface area (Å²) in [6.45, 7) is 1.40. The maximum absolute atomic E-state index is 13.3. The highest BCUT2D eigenvalue weighted by Gasteiger charge is 2.40. The van der Waals surface area contributed by atoms with Gasteiger partial charge in [0.1, 0.15) is 11.5 Å². The summed E-state index contributed by atoms with van der Waals surface area (Å²) in [6.07, 6.45) is 10.2. The van der Waals surface area contributed by atoms with Crippen molar-refractivity contribution in [2.75, 3.05) is 13.1 Å². The van der Waals surface area contributed by atoms with Gasteiger partial charge in [-0.05, 0) is 44.1 Å². The number of rotatable bonds is 4.